The molecule has 0 amide bonds. The molecule has 1 aliphatic heterocycles. The predicted octanol–water partition coefficient (Wildman–Crippen LogP) is 2.86. The Kier molecular flexibility index (Phi) is 2.42. The van der Waals surface area contributed by atoms with Crippen molar-refractivity contribution in [2.45, 2.75) is 26.8 Å². The first-order valence-electron chi connectivity index (χ1n) is 4.71. The fourth-order valence-electron chi connectivity index (χ4n) is 1.58. The van der Waals surface area contributed by atoms with Gasteiger partial charge in [0.1, 0.15) is 0 Å². The highest BCUT2D eigenvalue weighted by molar-refractivity contribution is 7.12. The maximum atomic E-state index is 4.00. The van der Waals surface area contributed by atoms with Crippen molar-refractivity contribution in [3.8, 4) is 0 Å². The van der Waals surface area contributed by atoms with Crippen LogP contribution in [0.15, 0.2) is 17.3 Å². The molecule has 2 heterocycles. The average molecular weight is 206 g/mol. The number of rotatable bonds is 1. The molecule has 0 spiro atoms. The largest absolute Gasteiger partial charge is 0.365 e. The molecule has 1 aromatic heterocycles. The zero-order chi connectivity index (χ0) is 10.1. The van der Waals surface area contributed by atoms with Crippen molar-refractivity contribution in [3.05, 3.63) is 33.2 Å². The summed E-state index contributed by atoms with van der Waals surface area (Å²) < 4.78 is 0. The van der Waals surface area contributed by atoms with Crippen LogP contribution in [0.1, 0.15) is 26.9 Å². The zero-order valence-electron chi connectivity index (χ0n) is 8.66. The lowest BCUT2D eigenvalue weighted by Crippen LogP contribution is -2.19. The van der Waals surface area contributed by atoms with E-state index in [0.717, 1.165) is 0 Å². The van der Waals surface area contributed by atoms with Crippen molar-refractivity contribution < 1.29 is 0 Å². The van der Waals surface area contributed by atoms with E-state index in [4.69, 9.17) is 0 Å². The van der Waals surface area contributed by atoms with Crippen LogP contribution in [0.4, 0.5) is 0 Å². The van der Waals surface area contributed by atoms with Crippen LogP contribution in [-0.4, -0.2) is 6.34 Å². The Bertz CT molecular complexity index is 402. The number of nitrogens with zero attached hydrogens (tertiary/aromatic N) is 1. The Morgan fingerprint density at radius 1 is 1.29 bits per heavy atom. The first-order chi connectivity index (χ1) is 6.70. The number of hydrogen-bond donors (Lipinski definition) is 1. The van der Waals surface area contributed by atoms with Gasteiger partial charge in [-0.3, -0.25) is 0 Å². The Morgan fingerprint density at radius 3 is 2.57 bits per heavy atom. The molecule has 1 aromatic rings. The highest BCUT2D eigenvalue weighted by atomic mass is 32.1. The molecule has 2 nitrogen and oxygen atoms in total. The van der Waals surface area contributed by atoms with Crippen LogP contribution >= 0.6 is 11.3 Å². The minimum absolute atomic E-state index is 0.310. The molecule has 14 heavy (non-hydrogen) atoms. The van der Waals surface area contributed by atoms with Crippen LogP contribution in [0.5, 0.6) is 0 Å². The first kappa shape index (κ1) is 9.46. The lowest BCUT2D eigenvalue weighted by molar-refractivity contribution is 0.800. The minimum Gasteiger partial charge on any atom is -0.365 e. The Morgan fingerprint density at radius 2 is 2.07 bits per heavy atom. The Balaban J connectivity index is 2.37. The maximum absolute atomic E-state index is 4.00. The predicted molar refractivity (Wildman–Crippen MR) is 62.0 cm³/mol. The topological polar surface area (TPSA) is 24.4 Å². The lowest BCUT2D eigenvalue weighted by atomic mass is 10.1. The van der Waals surface area contributed by atoms with Crippen LogP contribution in [-0.2, 0) is 0 Å². The SMILES string of the molecule is Cc1sc(C2C=CN=CN2)c(C)c1C. The van der Waals surface area contributed by atoms with Gasteiger partial charge in [0.25, 0.3) is 0 Å². The summed E-state index contributed by atoms with van der Waals surface area (Å²) in [6, 6.07) is 0.310. The molecule has 0 fully saturated rings. The number of hydrogen-bond acceptors (Lipinski definition) is 3. The molecule has 1 unspecified atom stereocenters. The van der Waals surface area contributed by atoms with Gasteiger partial charge in [0.05, 0.1) is 12.4 Å². The Labute approximate surface area is 88.4 Å². The van der Waals surface area contributed by atoms with Gasteiger partial charge in [-0.2, -0.15) is 0 Å². The van der Waals surface area contributed by atoms with Crippen molar-refractivity contribution in [3.63, 3.8) is 0 Å². The minimum atomic E-state index is 0.310. The van der Waals surface area contributed by atoms with Gasteiger partial charge >= 0.3 is 0 Å². The van der Waals surface area contributed by atoms with E-state index in [0.29, 0.717) is 6.04 Å². The van der Waals surface area contributed by atoms with Crippen molar-refractivity contribution in [2.24, 2.45) is 4.99 Å². The molecule has 0 radical (unpaired) electrons. The summed E-state index contributed by atoms with van der Waals surface area (Å²) >= 11 is 1.87. The van der Waals surface area contributed by atoms with E-state index in [1.54, 1.807) is 6.34 Å². The molecular weight excluding hydrogens is 192 g/mol. The third-order valence-corrected chi connectivity index (χ3v) is 4.09. The van der Waals surface area contributed by atoms with Crippen molar-refractivity contribution in [2.75, 3.05) is 0 Å². The van der Waals surface area contributed by atoms with Crippen LogP contribution in [0.25, 0.3) is 0 Å². The van der Waals surface area contributed by atoms with E-state index in [1.807, 2.05) is 17.5 Å². The second-order valence-electron chi connectivity index (χ2n) is 3.54. The third-order valence-electron chi connectivity index (χ3n) is 2.70. The molecule has 0 aromatic carbocycles. The first-order valence-corrected chi connectivity index (χ1v) is 5.52. The van der Waals surface area contributed by atoms with Crippen LogP contribution in [0, 0.1) is 20.8 Å². The van der Waals surface area contributed by atoms with Gasteiger partial charge in [-0.25, -0.2) is 4.99 Å². The monoisotopic (exact) mass is 206 g/mol. The van der Waals surface area contributed by atoms with Gasteiger partial charge in [0.2, 0.25) is 0 Å². The molecule has 3 heteroatoms. The standard InChI is InChI=1S/C11H14N2S/c1-7-8(2)11(14-9(7)3)10-4-5-12-6-13-10/h4-6,10H,1-3H3,(H,12,13). The van der Waals surface area contributed by atoms with Gasteiger partial charge < -0.3 is 5.32 Å². The summed E-state index contributed by atoms with van der Waals surface area (Å²) in [5.41, 5.74) is 2.83. The number of aliphatic imine (C=N–C) groups is 1. The molecule has 1 N–H and O–H groups in total. The molecule has 0 aliphatic carbocycles. The quantitative estimate of drug-likeness (QED) is 0.750. The molecule has 1 atom stereocenters. The molecular formula is C11H14N2S. The van der Waals surface area contributed by atoms with E-state index in [-0.39, 0.29) is 0 Å². The Hall–Kier alpha value is -1.09. The van der Waals surface area contributed by atoms with Gasteiger partial charge in [0, 0.05) is 16.0 Å². The van der Waals surface area contributed by atoms with E-state index in [1.165, 1.54) is 20.9 Å². The van der Waals surface area contributed by atoms with E-state index < -0.39 is 0 Å². The van der Waals surface area contributed by atoms with Gasteiger partial charge in [-0.15, -0.1) is 11.3 Å². The summed E-state index contributed by atoms with van der Waals surface area (Å²) in [7, 11) is 0. The summed E-state index contributed by atoms with van der Waals surface area (Å²) in [5.74, 6) is 0. The van der Waals surface area contributed by atoms with Gasteiger partial charge in [0.15, 0.2) is 0 Å². The summed E-state index contributed by atoms with van der Waals surface area (Å²) in [4.78, 5) is 6.82. The number of nitrogens with one attached hydrogen (secondary N) is 1. The molecule has 2 rings (SSSR count). The highest BCUT2D eigenvalue weighted by Gasteiger charge is 2.16. The van der Waals surface area contributed by atoms with E-state index in [9.17, 15) is 0 Å². The van der Waals surface area contributed by atoms with Crippen LogP contribution < -0.4 is 5.32 Å². The normalized spacial score (nSPS) is 19.8. The van der Waals surface area contributed by atoms with Crippen molar-refractivity contribution in [1.82, 2.24) is 5.32 Å². The van der Waals surface area contributed by atoms with E-state index >= 15 is 0 Å². The van der Waals surface area contributed by atoms with Crippen molar-refractivity contribution >= 4 is 17.7 Å². The maximum Gasteiger partial charge on any atom is 0.0886 e. The van der Waals surface area contributed by atoms with Gasteiger partial charge in [-0.1, -0.05) is 0 Å². The summed E-state index contributed by atoms with van der Waals surface area (Å²) in [6.45, 7) is 6.55. The number of aryl methyl sites for hydroxylation is 1. The molecule has 0 saturated carbocycles. The fourth-order valence-corrected chi connectivity index (χ4v) is 2.80. The van der Waals surface area contributed by atoms with Crippen molar-refractivity contribution in [1.29, 1.82) is 0 Å². The molecule has 0 saturated heterocycles. The van der Waals surface area contributed by atoms with Gasteiger partial charge in [-0.05, 0) is 38.0 Å². The fraction of sp³-hybridized carbons (Fsp3) is 0.364. The second-order valence-corrected chi connectivity index (χ2v) is 4.79. The highest BCUT2D eigenvalue weighted by Crippen LogP contribution is 2.32. The zero-order valence-corrected chi connectivity index (χ0v) is 9.48. The summed E-state index contributed by atoms with van der Waals surface area (Å²) in [6.07, 6.45) is 5.71. The number of thiophene rings is 1. The lowest BCUT2D eigenvalue weighted by Gasteiger charge is -2.14. The van der Waals surface area contributed by atoms with E-state index in [2.05, 4.69) is 37.2 Å². The van der Waals surface area contributed by atoms with Crippen LogP contribution in [0.2, 0.25) is 0 Å². The average Bonchev–Trinajstić information content (AvgIpc) is 2.47. The second kappa shape index (κ2) is 3.58. The smallest absolute Gasteiger partial charge is 0.0886 e. The summed E-state index contributed by atoms with van der Waals surface area (Å²) in [5, 5.41) is 3.25. The molecule has 1 aliphatic rings. The molecule has 0 bridgehead atoms. The molecule has 74 valence electrons. The third kappa shape index (κ3) is 1.48. The van der Waals surface area contributed by atoms with Crippen LogP contribution in [0.3, 0.4) is 0 Å².